The number of rotatable bonds is 6. The SMILES string of the molecule is CS(=O)(=O)C(CCC(=O)O)c1ccccc1-c1ccccc1. The maximum atomic E-state index is 12.1. The average molecular weight is 318 g/mol. The Bertz CT molecular complexity index is 751. The van der Waals surface area contributed by atoms with Crippen LogP contribution in [-0.2, 0) is 14.6 Å². The van der Waals surface area contributed by atoms with Crippen molar-refractivity contribution in [1.29, 1.82) is 0 Å². The molecule has 22 heavy (non-hydrogen) atoms. The first-order valence-corrected chi connectivity index (χ1v) is 8.90. The molecule has 0 saturated heterocycles. The Balaban J connectivity index is 2.51. The molecule has 0 amide bonds. The average Bonchev–Trinajstić information content (AvgIpc) is 2.47. The number of sulfone groups is 1. The van der Waals surface area contributed by atoms with Crippen molar-refractivity contribution < 1.29 is 18.3 Å². The van der Waals surface area contributed by atoms with E-state index in [0.29, 0.717) is 5.56 Å². The molecule has 1 unspecified atom stereocenters. The van der Waals surface area contributed by atoms with Gasteiger partial charge in [-0.15, -0.1) is 0 Å². The third kappa shape index (κ3) is 3.95. The van der Waals surface area contributed by atoms with Crippen molar-refractivity contribution in [1.82, 2.24) is 0 Å². The summed E-state index contributed by atoms with van der Waals surface area (Å²) < 4.78 is 24.3. The van der Waals surface area contributed by atoms with E-state index in [1.807, 2.05) is 42.5 Å². The van der Waals surface area contributed by atoms with E-state index in [-0.39, 0.29) is 12.8 Å². The molecule has 0 heterocycles. The molecule has 0 aromatic heterocycles. The third-order valence-electron chi connectivity index (χ3n) is 3.53. The van der Waals surface area contributed by atoms with Gasteiger partial charge in [-0.25, -0.2) is 8.42 Å². The number of hydrogen-bond acceptors (Lipinski definition) is 3. The van der Waals surface area contributed by atoms with E-state index in [4.69, 9.17) is 5.11 Å². The van der Waals surface area contributed by atoms with Gasteiger partial charge in [0.25, 0.3) is 0 Å². The number of carbonyl (C=O) groups is 1. The highest BCUT2D eigenvalue weighted by Gasteiger charge is 2.26. The molecule has 1 N–H and O–H groups in total. The Morgan fingerprint density at radius 1 is 1.05 bits per heavy atom. The van der Waals surface area contributed by atoms with E-state index in [0.717, 1.165) is 17.4 Å². The number of hydrogen-bond donors (Lipinski definition) is 1. The lowest BCUT2D eigenvalue weighted by molar-refractivity contribution is -0.137. The molecular weight excluding hydrogens is 300 g/mol. The molecule has 5 heteroatoms. The van der Waals surface area contributed by atoms with Crippen LogP contribution in [0.15, 0.2) is 54.6 Å². The molecule has 0 saturated carbocycles. The van der Waals surface area contributed by atoms with Crippen LogP contribution in [0.25, 0.3) is 11.1 Å². The first-order valence-electron chi connectivity index (χ1n) is 6.94. The van der Waals surface area contributed by atoms with Crippen LogP contribution in [0.2, 0.25) is 0 Å². The molecule has 116 valence electrons. The first-order chi connectivity index (χ1) is 10.4. The summed E-state index contributed by atoms with van der Waals surface area (Å²) >= 11 is 0. The summed E-state index contributed by atoms with van der Waals surface area (Å²) in [6.07, 6.45) is 1.04. The van der Waals surface area contributed by atoms with Crippen molar-refractivity contribution >= 4 is 15.8 Å². The Morgan fingerprint density at radius 2 is 1.64 bits per heavy atom. The number of benzene rings is 2. The highest BCUT2D eigenvalue weighted by Crippen LogP contribution is 2.34. The zero-order valence-corrected chi connectivity index (χ0v) is 13.1. The summed E-state index contributed by atoms with van der Waals surface area (Å²) in [5.74, 6) is -0.995. The summed E-state index contributed by atoms with van der Waals surface area (Å²) in [5.41, 5.74) is 2.39. The minimum absolute atomic E-state index is 0.0675. The maximum Gasteiger partial charge on any atom is 0.303 e. The molecule has 4 nitrogen and oxygen atoms in total. The van der Waals surface area contributed by atoms with Crippen LogP contribution < -0.4 is 0 Å². The second kappa shape index (κ2) is 6.75. The highest BCUT2D eigenvalue weighted by atomic mass is 32.2. The molecule has 2 aromatic carbocycles. The van der Waals surface area contributed by atoms with Gasteiger partial charge in [-0.3, -0.25) is 4.79 Å². The normalized spacial score (nSPS) is 12.8. The summed E-state index contributed by atoms with van der Waals surface area (Å²) in [4.78, 5) is 10.8. The first kappa shape index (κ1) is 16.2. The summed E-state index contributed by atoms with van der Waals surface area (Å²) in [6.45, 7) is 0. The molecule has 2 rings (SSSR count). The van der Waals surface area contributed by atoms with Gasteiger partial charge in [0.2, 0.25) is 0 Å². The van der Waals surface area contributed by atoms with Crippen LogP contribution in [0.1, 0.15) is 23.7 Å². The van der Waals surface area contributed by atoms with Crippen LogP contribution in [0, 0.1) is 0 Å². The minimum Gasteiger partial charge on any atom is -0.481 e. The van der Waals surface area contributed by atoms with Crippen LogP contribution in [0.3, 0.4) is 0 Å². The summed E-state index contributed by atoms with van der Waals surface area (Å²) in [6, 6.07) is 16.7. The van der Waals surface area contributed by atoms with E-state index in [1.54, 1.807) is 12.1 Å². The van der Waals surface area contributed by atoms with Crippen LogP contribution in [-0.4, -0.2) is 25.7 Å². The summed E-state index contributed by atoms with van der Waals surface area (Å²) in [5, 5.41) is 8.05. The van der Waals surface area contributed by atoms with E-state index in [9.17, 15) is 13.2 Å². The van der Waals surface area contributed by atoms with Gasteiger partial charge in [0.1, 0.15) is 0 Å². The molecule has 0 aliphatic heterocycles. The molecule has 1 atom stereocenters. The largest absolute Gasteiger partial charge is 0.481 e. The third-order valence-corrected chi connectivity index (χ3v) is 5.05. The van der Waals surface area contributed by atoms with Gasteiger partial charge in [-0.2, -0.15) is 0 Å². The van der Waals surface area contributed by atoms with Gasteiger partial charge in [0.05, 0.1) is 5.25 Å². The zero-order valence-electron chi connectivity index (χ0n) is 12.3. The fourth-order valence-electron chi connectivity index (χ4n) is 2.51. The van der Waals surface area contributed by atoms with Gasteiger partial charge >= 0.3 is 5.97 Å². The smallest absolute Gasteiger partial charge is 0.303 e. The molecule has 0 spiro atoms. The minimum atomic E-state index is -3.41. The van der Waals surface area contributed by atoms with E-state index >= 15 is 0 Å². The number of carboxylic acids is 1. The molecule has 0 bridgehead atoms. The predicted molar refractivity (Wildman–Crippen MR) is 86.3 cm³/mol. The van der Waals surface area contributed by atoms with E-state index in [2.05, 4.69) is 0 Å². The van der Waals surface area contributed by atoms with Crippen molar-refractivity contribution in [3.05, 3.63) is 60.2 Å². The van der Waals surface area contributed by atoms with Gasteiger partial charge in [-0.1, -0.05) is 54.6 Å². The van der Waals surface area contributed by atoms with Gasteiger partial charge < -0.3 is 5.11 Å². The van der Waals surface area contributed by atoms with Crippen LogP contribution in [0.5, 0.6) is 0 Å². The van der Waals surface area contributed by atoms with Crippen LogP contribution >= 0.6 is 0 Å². The Morgan fingerprint density at radius 3 is 2.23 bits per heavy atom. The maximum absolute atomic E-state index is 12.1. The lowest BCUT2D eigenvalue weighted by atomic mass is 9.96. The van der Waals surface area contributed by atoms with Crippen molar-refractivity contribution in [2.75, 3.05) is 6.26 Å². The zero-order chi connectivity index (χ0) is 16.2. The van der Waals surface area contributed by atoms with Gasteiger partial charge in [0.15, 0.2) is 9.84 Å². The van der Waals surface area contributed by atoms with E-state index in [1.165, 1.54) is 0 Å². The van der Waals surface area contributed by atoms with E-state index < -0.39 is 21.1 Å². The predicted octanol–water partition coefficient (Wildman–Crippen LogP) is 3.30. The number of aliphatic carboxylic acids is 1. The summed E-state index contributed by atoms with van der Waals surface area (Å²) in [7, 11) is -3.41. The molecule has 2 aromatic rings. The second-order valence-electron chi connectivity index (χ2n) is 5.20. The topological polar surface area (TPSA) is 71.4 Å². The van der Waals surface area contributed by atoms with Crippen LogP contribution in [0.4, 0.5) is 0 Å². The van der Waals surface area contributed by atoms with Gasteiger partial charge in [-0.05, 0) is 23.1 Å². The monoisotopic (exact) mass is 318 g/mol. The van der Waals surface area contributed by atoms with Crippen molar-refractivity contribution in [2.45, 2.75) is 18.1 Å². The second-order valence-corrected chi connectivity index (χ2v) is 7.43. The fraction of sp³-hybridized carbons (Fsp3) is 0.235. The van der Waals surface area contributed by atoms with Crippen molar-refractivity contribution in [3.63, 3.8) is 0 Å². The lowest BCUT2D eigenvalue weighted by Crippen LogP contribution is -2.14. The fourth-order valence-corrected chi connectivity index (χ4v) is 3.73. The quantitative estimate of drug-likeness (QED) is 0.887. The lowest BCUT2D eigenvalue weighted by Gasteiger charge is -2.18. The highest BCUT2D eigenvalue weighted by molar-refractivity contribution is 7.90. The number of carboxylic acid groups (broad SMARTS) is 1. The molecular formula is C17H18O4S. The van der Waals surface area contributed by atoms with Gasteiger partial charge in [0, 0.05) is 12.7 Å². The Labute approximate surface area is 130 Å². The molecule has 0 aliphatic rings. The molecule has 0 radical (unpaired) electrons. The standard InChI is InChI=1S/C17H18O4S/c1-22(20,21)16(11-12-17(18)19)15-10-6-5-9-14(15)13-7-3-2-4-8-13/h2-10,16H,11-12H2,1H3,(H,18,19). The molecule has 0 aliphatic carbocycles. The Hall–Kier alpha value is -2.14. The molecule has 0 fully saturated rings. The van der Waals surface area contributed by atoms with Crippen molar-refractivity contribution in [2.24, 2.45) is 0 Å². The van der Waals surface area contributed by atoms with Crippen molar-refractivity contribution in [3.8, 4) is 11.1 Å². The Kier molecular flexibility index (Phi) is 4.98.